The fraction of sp³-hybridized carbons (Fsp3) is 0.207. The molecule has 0 radical (unpaired) electrons. The molecule has 0 fully saturated rings. The van der Waals surface area contributed by atoms with E-state index >= 15 is 0 Å². The smallest absolute Gasteiger partial charge is 0.173 e. The quantitative estimate of drug-likeness (QED) is 0.177. The van der Waals surface area contributed by atoms with Crippen LogP contribution in [0.5, 0.6) is 11.5 Å². The highest BCUT2D eigenvalue weighted by Gasteiger charge is 2.09. The molecule has 6 nitrogen and oxygen atoms in total. The lowest BCUT2D eigenvalue weighted by molar-refractivity contribution is 0.289. The Morgan fingerprint density at radius 3 is 2.51 bits per heavy atom. The van der Waals surface area contributed by atoms with Crippen LogP contribution in [0, 0.1) is 5.92 Å². The largest absolute Gasteiger partial charge is 0.494 e. The molecule has 6 heteroatoms. The van der Waals surface area contributed by atoms with Crippen molar-refractivity contribution < 1.29 is 9.47 Å². The van der Waals surface area contributed by atoms with Gasteiger partial charge in [-0.25, -0.2) is 9.98 Å². The monoisotopic (exact) mass is 466 g/mol. The second-order valence-electron chi connectivity index (χ2n) is 8.49. The van der Waals surface area contributed by atoms with E-state index in [0.717, 1.165) is 28.6 Å². The Bertz CT molecular complexity index is 1310. The van der Waals surface area contributed by atoms with Crippen molar-refractivity contribution in [1.82, 2.24) is 10.4 Å². The summed E-state index contributed by atoms with van der Waals surface area (Å²) in [5.74, 6) is 2.67. The summed E-state index contributed by atoms with van der Waals surface area (Å²) in [5, 5.41) is 5.50. The number of methoxy groups -OCH3 is 1. The number of nitrogens with one attached hydrogen (secondary N) is 1. The lowest BCUT2D eigenvalue weighted by Gasteiger charge is -2.09. The first-order chi connectivity index (χ1) is 17.1. The molecule has 1 aromatic heterocycles. The van der Waals surface area contributed by atoms with Crippen LogP contribution >= 0.6 is 0 Å². The molecule has 0 saturated carbocycles. The van der Waals surface area contributed by atoms with E-state index in [2.05, 4.69) is 24.4 Å². The van der Waals surface area contributed by atoms with Gasteiger partial charge in [-0.3, -0.25) is 5.43 Å². The van der Waals surface area contributed by atoms with Gasteiger partial charge in [0.2, 0.25) is 0 Å². The van der Waals surface area contributed by atoms with Gasteiger partial charge in [0.05, 0.1) is 25.4 Å². The SMILES string of the molecule is COc1ccccc1N=C(NN=Cc1ccc(OCCC(C)C)cc1)c1ccc2ccccc2n1. The molecule has 4 rings (SSSR count). The summed E-state index contributed by atoms with van der Waals surface area (Å²) < 4.78 is 11.3. The first-order valence-corrected chi connectivity index (χ1v) is 11.7. The van der Waals surface area contributed by atoms with Crippen molar-refractivity contribution >= 4 is 28.6 Å². The van der Waals surface area contributed by atoms with E-state index in [1.54, 1.807) is 13.3 Å². The summed E-state index contributed by atoms with van der Waals surface area (Å²) in [6, 6.07) is 27.4. The Labute approximate surface area is 206 Å². The predicted octanol–water partition coefficient (Wildman–Crippen LogP) is 6.37. The molecule has 0 atom stereocenters. The minimum absolute atomic E-state index is 0.519. The fourth-order valence-corrected chi connectivity index (χ4v) is 3.41. The van der Waals surface area contributed by atoms with Crippen LogP contribution in [0.3, 0.4) is 0 Å². The van der Waals surface area contributed by atoms with Crippen LogP contribution in [0.4, 0.5) is 5.69 Å². The number of ether oxygens (including phenoxy) is 2. The van der Waals surface area contributed by atoms with Gasteiger partial charge in [0.1, 0.15) is 22.9 Å². The number of hydrazone groups is 1. The average Bonchev–Trinajstić information content (AvgIpc) is 2.89. The van der Waals surface area contributed by atoms with E-state index in [1.807, 2.05) is 84.9 Å². The molecule has 0 unspecified atom stereocenters. The minimum atomic E-state index is 0.519. The molecule has 1 N–H and O–H groups in total. The number of fused-ring (bicyclic) bond motifs is 1. The number of hydrogen-bond donors (Lipinski definition) is 1. The summed E-state index contributed by atoms with van der Waals surface area (Å²) >= 11 is 0. The number of para-hydroxylation sites is 3. The lowest BCUT2D eigenvalue weighted by atomic mass is 10.1. The van der Waals surface area contributed by atoms with Crippen LogP contribution in [-0.2, 0) is 0 Å². The van der Waals surface area contributed by atoms with Gasteiger partial charge in [-0.15, -0.1) is 0 Å². The van der Waals surface area contributed by atoms with Gasteiger partial charge in [-0.2, -0.15) is 5.10 Å². The zero-order valence-electron chi connectivity index (χ0n) is 20.3. The Balaban J connectivity index is 1.56. The second-order valence-corrected chi connectivity index (χ2v) is 8.49. The molecular formula is C29H30N4O2. The number of hydrogen-bond acceptors (Lipinski definition) is 5. The van der Waals surface area contributed by atoms with Crippen molar-refractivity contribution in [3.8, 4) is 11.5 Å². The van der Waals surface area contributed by atoms with Gasteiger partial charge in [0, 0.05) is 5.39 Å². The molecule has 0 bridgehead atoms. The van der Waals surface area contributed by atoms with E-state index < -0.39 is 0 Å². The van der Waals surface area contributed by atoms with Crippen molar-refractivity contribution in [2.75, 3.05) is 13.7 Å². The third kappa shape index (κ3) is 6.67. The molecule has 0 amide bonds. The molecule has 35 heavy (non-hydrogen) atoms. The molecule has 3 aromatic carbocycles. The topological polar surface area (TPSA) is 68.1 Å². The maximum Gasteiger partial charge on any atom is 0.173 e. The van der Waals surface area contributed by atoms with Gasteiger partial charge in [-0.1, -0.05) is 50.2 Å². The Kier molecular flexibility index (Phi) is 8.07. The number of benzene rings is 3. The standard InChI is InChI=1S/C29H30N4O2/c1-21(2)18-19-35-24-15-12-22(13-16-24)20-30-33-29(32-26-10-6-7-11-28(26)34-3)27-17-14-23-8-4-5-9-25(23)31-27/h4-17,20-21H,18-19H2,1-3H3,(H,32,33). The van der Waals surface area contributed by atoms with Crippen LogP contribution in [0.15, 0.2) is 95.0 Å². The molecule has 0 aliphatic rings. The minimum Gasteiger partial charge on any atom is -0.494 e. The fourth-order valence-electron chi connectivity index (χ4n) is 3.41. The average molecular weight is 467 g/mol. The zero-order chi connectivity index (χ0) is 24.5. The van der Waals surface area contributed by atoms with Crippen LogP contribution in [-0.4, -0.2) is 30.8 Å². The number of nitrogens with zero attached hydrogens (tertiary/aromatic N) is 3. The molecular weight excluding hydrogens is 436 g/mol. The summed E-state index contributed by atoms with van der Waals surface area (Å²) in [6.07, 6.45) is 2.78. The van der Waals surface area contributed by atoms with Gasteiger partial charge >= 0.3 is 0 Å². The van der Waals surface area contributed by atoms with Gasteiger partial charge in [-0.05, 0) is 66.4 Å². The van der Waals surface area contributed by atoms with E-state index in [1.165, 1.54) is 0 Å². The summed E-state index contributed by atoms with van der Waals surface area (Å²) in [7, 11) is 1.63. The van der Waals surface area contributed by atoms with E-state index in [9.17, 15) is 0 Å². The highest BCUT2D eigenvalue weighted by molar-refractivity contribution is 6.01. The normalized spacial score (nSPS) is 11.8. The van der Waals surface area contributed by atoms with Crippen molar-refractivity contribution in [1.29, 1.82) is 0 Å². The highest BCUT2D eigenvalue weighted by Crippen LogP contribution is 2.27. The van der Waals surface area contributed by atoms with E-state index in [0.29, 0.717) is 35.5 Å². The molecule has 0 saturated heterocycles. The molecule has 0 spiro atoms. The molecule has 0 aliphatic heterocycles. The maximum atomic E-state index is 5.80. The lowest BCUT2D eigenvalue weighted by Crippen LogP contribution is -2.20. The van der Waals surface area contributed by atoms with Crippen molar-refractivity contribution in [2.24, 2.45) is 16.0 Å². The Morgan fingerprint density at radius 1 is 0.943 bits per heavy atom. The third-order valence-corrected chi connectivity index (χ3v) is 5.39. The zero-order valence-corrected chi connectivity index (χ0v) is 20.3. The summed E-state index contributed by atoms with van der Waals surface area (Å²) in [6.45, 7) is 5.10. The van der Waals surface area contributed by atoms with Gasteiger partial charge in [0.15, 0.2) is 5.84 Å². The van der Waals surface area contributed by atoms with Crippen molar-refractivity contribution in [2.45, 2.75) is 20.3 Å². The van der Waals surface area contributed by atoms with Gasteiger partial charge in [0.25, 0.3) is 0 Å². The van der Waals surface area contributed by atoms with Crippen LogP contribution in [0.25, 0.3) is 10.9 Å². The summed E-state index contributed by atoms with van der Waals surface area (Å²) in [4.78, 5) is 9.56. The van der Waals surface area contributed by atoms with Crippen molar-refractivity contribution in [3.05, 3.63) is 96.2 Å². The molecule has 1 heterocycles. The van der Waals surface area contributed by atoms with Crippen LogP contribution in [0.2, 0.25) is 0 Å². The van der Waals surface area contributed by atoms with Crippen LogP contribution < -0.4 is 14.9 Å². The number of aliphatic imine (C=N–C) groups is 1. The highest BCUT2D eigenvalue weighted by atomic mass is 16.5. The molecule has 178 valence electrons. The second kappa shape index (κ2) is 11.8. The first kappa shape index (κ1) is 24.0. The van der Waals surface area contributed by atoms with E-state index in [-0.39, 0.29) is 0 Å². The molecule has 4 aromatic rings. The summed E-state index contributed by atoms with van der Waals surface area (Å²) in [5.41, 5.74) is 6.27. The third-order valence-electron chi connectivity index (χ3n) is 5.39. The number of amidine groups is 1. The Morgan fingerprint density at radius 2 is 1.71 bits per heavy atom. The first-order valence-electron chi connectivity index (χ1n) is 11.7. The maximum absolute atomic E-state index is 5.80. The number of aromatic nitrogens is 1. The predicted molar refractivity (Wildman–Crippen MR) is 143 cm³/mol. The van der Waals surface area contributed by atoms with E-state index in [4.69, 9.17) is 19.5 Å². The van der Waals surface area contributed by atoms with Crippen LogP contribution in [0.1, 0.15) is 31.5 Å². The van der Waals surface area contributed by atoms with Crippen molar-refractivity contribution in [3.63, 3.8) is 0 Å². The Hall–Kier alpha value is -4.19. The number of rotatable bonds is 9. The van der Waals surface area contributed by atoms with Gasteiger partial charge < -0.3 is 9.47 Å². The molecule has 0 aliphatic carbocycles. The number of pyridine rings is 1.